The van der Waals surface area contributed by atoms with Gasteiger partial charge in [-0.3, -0.25) is 9.59 Å². The third-order valence-electron chi connectivity index (χ3n) is 6.51. The minimum atomic E-state index is -0.658. The molecule has 0 heterocycles. The molecule has 1 aliphatic carbocycles. The van der Waals surface area contributed by atoms with Gasteiger partial charge in [-0.25, -0.2) is 4.39 Å². The lowest BCUT2D eigenvalue weighted by atomic mass is 10.0. The third kappa shape index (κ3) is 7.25. The molecule has 1 N–H and O–H groups in total. The van der Waals surface area contributed by atoms with E-state index in [1.165, 1.54) is 12.1 Å². The highest BCUT2D eigenvalue weighted by molar-refractivity contribution is 9.10. The van der Waals surface area contributed by atoms with Crippen LogP contribution in [0.1, 0.15) is 42.4 Å². The first-order valence-corrected chi connectivity index (χ1v) is 12.9. The van der Waals surface area contributed by atoms with Crippen LogP contribution >= 0.6 is 15.9 Å². The minimum Gasteiger partial charge on any atom is -0.352 e. The number of hydrogen-bond donors (Lipinski definition) is 1. The molecule has 0 bridgehead atoms. The lowest BCUT2D eigenvalue weighted by Crippen LogP contribution is -2.52. The predicted molar refractivity (Wildman–Crippen MR) is 139 cm³/mol. The van der Waals surface area contributed by atoms with E-state index in [4.69, 9.17) is 0 Å². The Hall–Kier alpha value is -2.99. The van der Waals surface area contributed by atoms with Gasteiger partial charge in [-0.2, -0.15) is 0 Å². The summed E-state index contributed by atoms with van der Waals surface area (Å²) in [6, 6.07) is 23.0. The van der Waals surface area contributed by atoms with Gasteiger partial charge in [0.15, 0.2) is 0 Å². The number of hydrogen-bond acceptors (Lipinski definition) is 2. The van der Waals surface area contributed by atoms with E-state index >= 15 is 0 Å². The molecule has 0 aliphatic heterocycles. The first kappa shape index (κ1) is 25.1. The number of nitrogens with one attached hydrogen (secondary N) is 1. The van der Waals surface area contributed by atoms with Crippen molar-refractivity contribution in [3.63, 3.8) is 0 Å². The fourth-order valence-electron chi connectivity index (χ4n) is 4.59. The fraction of sp³-hybridized carbons (Fsp3) is 0.310. The number of benzene rings is 3. The van der Waals surface area contributed by atoms with E-state index < -0.39 is 6.04 Å². The molecule has 0 spiro atoms. The summed E-state index contributed by atoms with van der Waals surface area (Å²) in [5, 5.41) is 3.21. The molecule has 0 radical (unpaired) electrons. The van der Waals surface area contributed by atoms with Crippen LogP contribution in [0.3, 0.4) is 0 Å². The average molecular weight is 537 g/mol. The van der Waals surface area contributed by atoms with Gasteiger partial charge in [0.2, 0.25) is 11.8 Å². The maximum atomic E-state index is 13.7. The van der Waals surface area contributed by atoms with E-state index in [0.29, 0.717) is 18.5 Å². The molecular weight excluding hydrogens is 507 g/mol. The van der Waals surface area contributed by atoms with E-state index in [1.54, 1.807) is 17.0 Å². The van der Waals surface area contributed by atoms with Crippen molar-refractivity contribution in [2.24, 2.45) is 0 Å². The molecule has 1 saturated carbocycles. The van der Waals surface area contributed by atoms with Gasteiger partial charge in [0, 0.05) is 23.5 Å². The zero-order chi connectivity index (χ0) is 24.6. The van der Waals surface area contributed by atoms with Crippen molar-refractivity contribution in [2.45, 2.75) is 57.2 Å². The fourth-order valence-corrected chi connectivity index (χ4v) is 4.85. The van der Waals surface area contributed by atoms with E-state index in [-0.39, 0.29) is 30.1 Å². The molecule has 4 nitrogen and oxygen atoms in total. The quantitative estimate of drug-likeness (QED) is 0.374. The second-order valence-electron chi connectivity index (χ2n) is 9.15. The molecule has 3 aromatic carbocycles. The van der Waals surface area contributed by atoms with Crippen molar-refractivity contribution in [2.75, 3.05) is 0 Å². The van der Waals surface area contributed by atoms with Crippen LogP contribution in [0.5, 0.6) is 0 Å². The Morgan fingerprint density at radius 3 is 2.17 bits per heavy atom. The highest BCUT2D eigenvalue weighted by Crippen LogP contribution is 2.21. The average Bonchev–Trinajstić information content (AvgIpc) is 3.37. The molecule has 4 rings (SSSR count). The first-order chi connectivity index (χ1) is 17.0. The maximum Gasteiger partial charge on any atom is 0.243 e. The smallest absolute Gasteiger partial charge is 0.243 e. The highest BCUT2D eigenvalue weighted by Gasteiger charge is 2.32. The lowest BCUT2D eigenvalue weighted by molar-refractivity contribution is -0.141. The van der Waals surface area contributed by atoms with Crippen molar-refractivity contribution in [3.05, 3.63) is 106 Å². The van der Waals surface area contributed by atoms with Crippen LogP contribution < -0.4 is 5.32 Å². The van der Waals surface area contributed by atoms with E-state index in [0.717, 1.165) is 41.3 Å². The van der Waals surface area contributed by atoms with Crippen molar-refractivity contribution >= 4 is 27.7 Å². The van der Waals surface area contributed by atoms with Crippen molar-refractivity contribution in [3.8, 4) is 0 Å². The molecule has 0 aromatic heterocycles. The summed E-state index contributed by atoms with van der Waals surface area (Å²) < 4.78 is 14.4. The Labute approximate surface area is 214 Å². The van der Waals surface area contributed by atoms with Crippen molar-refractivity contribution in [1.82, 2.24) is 10.2 Å². The molecule has 1 atom stereocenters. The first-order valence-electron chi connectivity index (χ1n) is 12.1. The standard InChI is InChI=1S/C29H30BrFN2O2/c30-24-14-10-23(11-15-24)20-33(28(34)19-22-12-16-25(31)17-13-22)27(18-21-6-2-1-3-7-21)29(35)32-26-8-4-5-9-26/h1-3,6-7,10-17,26-27H,4-5,8-9,18-20H2,(H,32,35)/t27-/m1/s1. The second kappa shape index (κ2) is 12.1. The number of halogens is 2. The Morgan fingerprint density at radius 1 is 0.886 bits per heavy atom. The lowest BCUT2D eigenvalue weighted by Gasteiger charge is -2.32. The summed E-state index contributed by atoms with van der Waals surface area (Å²) in [4.78, 5) is 29.0. The van der Waals surface area contributed by atoms with Gasteiger partial charge < -0.3 is 10.2 Å². The van der Waals surface area contributed by atoms with Gasteiger partial charge >= 0.3 is 0 Å². The van der Waals surface area contributed by atoms with Gasteiger partial charge in [-0.05, 0) is 53.8 Å². The molecule has 6 heteroatoms. The Morgan fingerprint density at radius 2 is 1.51 bits per heavy atom. The Bertz CT molecular complexity index is 1110. The number of amides is 2. The summed E-state index contributed by atoms with van der Waals surface area (Å²) >= 11 is 3.46. The number of carbonyl (C=O) groups is 2. The number of carbonyl (C=O) groups excluding carboxylic acids is 2. The predicted octanol–water partition coefficient (Wildman–Crippen LogP) is 5.83. The van der Waals surface area contributed by atoms with Gasteiger partial charge in [0.05, 0.1) is 6.42 Å². The number of nitrogens with zero attached hydrogens (tertiary/aromatic N) is 1. The maximum absolute atomic E-state index is 13.7. The van der Waals surface area contributed by atoms with Gasteiger partial charge in [-0.15, -0.1) is 0 Å². The summed E-state index contributed by atoms with van der Waals surface area (Å²) in [7, 11) is 0. The summed E-state index contributed by atoms with van der Waals surface area (Å²) in [6.45, 7) is 0.308. The SMILES string of the molecule is O=C(NC1CCCC1)[C@@H](Cc1ccccc1)N(Cc1ccc(Br)cc1)C(=O)Cc1ccc(F)cc1. The molecule has 182 valence electrons. The third-order valence-corrected chi connectivity index (χ3v) is 7.04. The normalized spacial score (nSPS) is 14.5. The largest absolute Gasteiger partial charge is 0.352 e. The van der Waals surface area contributed by atoms with E-state index in [9.17, 15) is 14.0 Å². The molecule has 2 amide bonds. The van der Waals surface area contributed by atoms with Crippen LogP contribution in [-0.2, 0) is 29.0 Å². The Balaban J connectivity index is 1.64. The summed E-state index contributed by atoms with van der Waals surface area (Å²) in [5.41, 5.74) is 2.65. The minimum absolute atomic E-state index is 0.0960. The van der Waals surface area contributed by atoms with Gasteiger partial charge in [0.1, 0.15) is 11.9 Å². The zero-order valence-corrected chi connectivity index (χ0v) is 21.2. The van der Waals surface area contributed by atoms with Crippen LogP contribution in [0.25, 0.3) is 0 Å². The van der Waals surface area contributed by atoms with Crippen LogP contribution in [-0.4, -0.2) is 28.8 Å². The zero-order valence-electron chi connectivity index (χ0n) is 19.6. The van der Waals surface area contributed by atoms with Crippen LogP contribution in [0.2, 0.25) is 0 Å². The number of rotatable bonds is 9. The monoisotopic (exact) mass is 536 g/mol. The van der Waals surface area contributed by atoms with Crippen LogP contribution in [0.4, 0.5) is 4.39 Å². The van der Waals surface area contributed by atoms with E-state index in [2.05, 4.69) is 21.2 Å². The topological polar surface area (TPSA) is 49.4 Å². The Kier molecular flexibility index (Phi) is 8.69. The molecule has 1 fully saturated rings. The molecule has 3 aromatic rings. The van der Waals surface area contributed by atoms with E-state index in [1.807, 2.05) is 54.6 Å². The van der Waals surface area contributed by atoms with Crippen LogP contribution in [0, 0.1) is 5.82 Å². The molecular formula is C29H30BrFN2O2. The second-order valence-corrected chi connectivity index (χ2v) is 10.1. The van der Waals surface area contributed by atoms with Crippen molar-refractivity contribution < 1.29 is 14.0 Å². The molecule has 0 unspecified atom stereocenters. The molecule has 1 aliphatic rings. The summed E-state index contributed by atoms with van der Waals surface area (Å²) in [6.07, 6.45) is 4.69. The van der Waals surface area contributed by atoms with Gasteiger partial charge in [0.25, 0.3) is 0 Å². The molecule has 0 saturated heterocycles. The highest BCUT2D eigenvalue weighted by atomic mass is 79.9. The summed E-state index contributed by atoms with van der Waals surface area (Å²) in [5.74, 6) is -0.627. The van der Waals surface area contributed by atoms with Crippen LogP contribution in [0.15, 0.2) is 83.3 Å². The molecule has 35 heavy (non-hydrogen) atoms. The van der Waals surface area contributed by atoms with Crippen molar-refractivity contribution in [1.29, 1.82) is 0 Å². The van der Waals surface area contributed by atoms with Gasteiger partial charge in [-0.1, -0.05) is 83.4 Å².